The van der Waals surface area contributed by atoms with E-state index in [-0.39, 0.29) is 18.1 Å². The van der Waals surface area contributed by atoms with Crippen LogP contribution in [0.15, 0.2) is 42.5 Å². The van der Waals surface area contributed by atoms with Crippen LogP contribution in [0.25, 0.3) is 0 Å². The first-order valence-electron chi connectivity index (χ1n) is 7.71. The molecule has 3 rings (SSSR count). The molecule has 0 saturated heterocycles. The van der Waals surface area contributed by atoms with Crippen molar-refractivity contribution < 1.29 is 23.1 Å². The van der Waals surface area contributed by atoms with Gasteiger partial charge in [0.1, 0.15) is 17.4 Å². The molecule has 2 aromatic rings. The lowest BCUT2D eigenvalue weighted by Crippen LogP contribution is -2.20. The summed E-state index contributed by atoms with van der Waals surface area (Å²) < 4.78 is 32.6. The molecule has 0 radical (unpaired) electrons. The highest BCUT2D eigenvalue weighted by molar-refractivity contribution is 5.95. The van der Waals surface area contributed by atoms with Crippen LogP contribution in [0.3, 0.4) is 0 Å². The SMILES string of the molecule is NC(=O)COc1ccc(NC(=O)C2CC2c2c(F)cccc2F)cc1. The Morgan fingerprint density at radius 1 is 1.12 bits per heavy atom. The Bertz CT molecular complexity index is 788. The summed E-state index contributed by atoms with van der Waals surface area (Å²) in [5.74, 6) is -2.60. The minimum Gasteiger partial charge on any atom is -0.484 e. The Morgan fingerprint density at radius 3 is 2.36 bits per heavy atom. The molecule has 5 nitrogen and oxygen atoms in total. The molecule has 1 saturated carbocycles. The second kappa shape index (κ2) is 6.88. The second-order valence-electron chi connectivity index (χ2n) is 5.85. The van der Waals surface area contributed by atoms with Crippen molar-refractivity contribution in [1.82, 2.24) is 0 Å². The maximum Gasteiger partial charge on any atom is 0.255 e. The lowest BCUT2D eigenvalue weighted by Gasteiger charge is -2.08. The van der Waals surface area contributed by atoms with Crippen LogP contribution in [0.2, 0.25) is 0 Å². The number of halogens is 2. The van der Waals surface area contributed by atoms with Gasteiger partial charge < -0.3 is 15.8 Å². The van der Waals surface area contributed by atoms with E-state index in [2.05, 4.69) is 5.32 Å². The van der Waals surface area contributed by atoms with Crippen LogP contribution in [0.4, 0.5) is 14.5 Å². The molecule has 0 bridgehead atoms. The average molecular weight is 346 g/mol. The van der Waals surface area contributed by atoms with E-state index in [0.29, 0.717) is 17.9 Å². The molecule has 1 aliphatic carbocycles. The summed E-state index contributed by atoms with van der Waals surface area (Å²) in [6, 6.07) is 10.1. The largest absolute Gasteiger partial charge is 0.484 e. The van der Waals surface area contributed by atoms with Gasteiger partial charge in [0.05, 0.1) is 0 Å². The smallest absolute Gasteiger partial charge is 0.255 e. The highest BCUT2D eigenvalue weighted by Crippen LogP contribution is 2.49. The quantitative estimate of drug-likeness (QED) is 0.843. The number of nitrogens with two attached hydrogens (primary N) is 1. The molecule has 130 valence electrons. The maximum atomic E-state index is 13.8. The fourth-order valence-electron chi connectivity index (χ4n) is 2.69. The number of rotatable bonds is 6. The average Bonchev–Trinajstić information content (AvgIpc) is 3.34. The number of amides is 2. The number of ether oxygens (including phenoxy) is 1. The van der Waals surface area contributed by atoms with Crippen LogP contribution >= 0.6 is 0 Å². The normalized spacial score (nSPS) is 18.5. The molecule has 2 amide bonds. The number of hydrogen-bond acceptors (Lipinski definition) is 3. The lowest BCUT2D eigenvalue weighted by atomic mass is 10.1. The van der Waals surface area contributed by atoms with Gasteiger partial charge in [-0.1, -0.05) is 6.07 Å². The van der Waals surface area contributed by atoms with Crippen molar-refractivity contribution in [1.29, 1.82) is 0 Å². The zero-order chi connectivity index (χ0) is 18.0. The molecular formula is C18H16F2N2O3. The van der Waals surface area contributed by atoms with E-state index in [1.165, 1.54) is 18.2 Å². The van der Waals surface area contributed by atoms with Gasteiger partial charge >= 0.3 is 0 Å². The van der Waals surface area contributed by atoms with E-state index in [4.69, 9.17) is 10.5 Å². The van der Waals surface area contributed by atoms with Gasteiger partial charge in [-0.15, -0.1) is 0 Å². The number of benzene rings is 2. The molecule has 2 atom stereocenters. The Labute approximate surface area is 142 Å². The van der Waals surface area contributed by atoms with Crippen molar-refractivity contribution in [3.63, 3.8) is 0 Å². The summed E-state index contributed by atoms with van der Waals surface area (Å²) in [7, 11) is 0. The topological polar surface area (TPSA) is 81.4 Å². The standard InChI is InChI=1S/C18H16F2N2O3/c19-14-2-1-3-15(20)17(14)12-8-13(12)18(24)22-10-4-6-11(7-5-10)25-9-16(21)23/h1-7,12-13H,8-9H2,(H2,21,23)(H,22,24). The molecular weight excluding hydrogens is 330 g/mol. The summed E-state index contributed by atoms with van der Waals surface area (Å²) >= 11 is 0. The zero-order valence-corrected chi connectivity index (χ0v) is 13.2. The third kappa shape index (κ3) is 3.93. The Hall–Kier alpha value is -2.96. The van der Waals surface area contributed by atoms with E-state index in [9.17, 15) is 18.4 Å². The van der Waals surface area contributed by atoms with E-state index >= 15 is 0 Å². The van der Waals surface area contributed by atoms with Crippen molar-refractivity contribution in [2.75, 3.05) is 11.9 Å². The van der Waals surface area contributed by atoms with Crippen LogP contribution in [0.5, 0.6) is 5.75 Å². The molecule has 1 aliphatic rings. The number of primary amides is 1. The summed E-state index contributed by atoms with van der Waals surface area (Å²) in [5, 5.41) is 2.70. The fourth-order valence-corrected chi connectivity index (χ4v) is 2.69. The first kappa shape index (κ1) is 16.9. The molecule has 0 aliphatic heterocycles. The highest BCUT2D eigenvalue weighted by atomic mass is 19.1. The van der Waals surface area contributed by atoms with Gasteiger partial charge in [0.2, 0.25) is 5.91 Å². The summed E-state index contributed by atoms with van der Waals surface area (Å²) in [6.07, 6.45) is 0.406. The van der Waals surface area contributed by atoms with Gasteiger partial charge in [0.25, 0.3) is 5.91 Å². The Kier molecular flexibility index (Phi) is 4.65. The summed E-state index contributed by atoms with van der Waals surface area (Å²) in [4.78, 5) is 22.9. The molecule has 0 spiro atoms. The molecule has 1 fully saturated rings. The van der Waals surface area contributed by atoms with E-state index < -0.39 is 29.4 Å². The van der Waals surface area contributed by atoms with Crippen molar-refractivity contribution in [2.45, 2.75) is 12.3 Å². The Balaban J connectivity index is 1.59. The Morgan fingerprint density at radius 2 is 1.76 bits per heavy atom. The van der Waals surface area contributed by atoms with Crippen LogP contribution in [0.1, 0.15) is 17.9 Å². The number of carbonyl (C=O) groups excluding carboxylic acids is 2. The number of carbonyl (C=O) groups is 2. The second-order valence-corrected chi connectivity index (χ2v) is 5.85. The van der Waals surface area contributed by atoms with Crippen molar-refractivity contribution >= 4 is 17.5 Å². The first-order chi connectivity index (χ1) is 12.0. The minimum atomic E-state index is -0.628. The zero-order valence-electron chi connectivity index (χ0n) is 13.2. The van der Waals surface area contributed by atoms with Crippen molar-refractivity contribution in [3.8, 4) is 5.75 Å². The van der Waals surface area contributed by atoms with Crippen LogP contribution in [-0.4, -0.2) is 18.4 Å². The summed E-state index contributed by atoms with van der Waals surface area (Å²) in [6.45, 7) is -0.232. The van der Waals surface area contributed by atoms with E-state index in [1.807, 2.05) is 0 Å². The van der Waals surface area contributed by atoms with E-state index in [0.717, 1.165) is 0 Å². The molecule has 0 heterocycles. The third-order valence-electron chi connectivity index (χ3n) is 4.00. The number of hydrogen-bond donors (Lipinski definition) is 2. The van der Waals surface area contributed by atoms with Crippen molar-refractivity contribution in [3.05, 3.63) is 59.7 Å². The summed E-state index contributed by atoms with van der Waals surface area (Å²) in [5.41, 5.74) is 5.48. The number of anilines is 1. The van der Waals surface area contributed by atoms with Gasteiger partial charge in [0, 0.05) is 23.1 Å². The molecule has 2 unspecified atom stereocenters. The van der Waals surface area contributed by atoms with Gasteiger partial charge in [-0.25, -0.2) is 8.78 Å². The van der Waals surface area contributed by atoms with Gasteiger partial charge in [-0.05, 0) is 42.8 Å². The van der Waals surface area contributed by atoms with Gasteiger partial charge in [-0.3, -0.25) is 9.59 Å². The lowest BCUT2D eigenvalue weighted by molar-refractivity contribution is -0.120. The van der Waals surface area contributed by atoms with Crippen LogP contribution < -0.4 is 15.8 Å². The molecule has 25 heavy (non-hydrogen) atoms. The molecule has 0 aromatic heterocycles. The monoisotopic (exact) mass is 346 g/mol. The highest BCUT2D eigenvalue weighted by Gasteiger charge is 2.46. The molecule has 3 N–H and O–H groups in total. The van der Waals surface area contributed by atoms with Crippen LogP contribution in [-0.2, 0) is 9.59 Å². The van der Waals surface area contributed by atoms with E-state index in [1.54, 1.807) is 24.3 Å². The first-order valence-corrected chi connectivity index (χ1v) is 7.71. The molecule has 2 aromatic carbocycles. The van der Waals surface area contributed by atoms with Crippen LogP contribution in [0, 0.1) is 17.6 Å². The van der Waals surface area contributed by atoms with Gasteiger partial charge in [-0.2, -0.15) is 0 Å². The number of nitrogens with one attached hydrogen (secondary N) is 1. The van der Waals surface area contributed by atoms with Crippen molar-refractivity contribution in [2.24, 2.45) is 11.7 Å². The minimum absolute atomic E-state index is 0.0298. The maximum absolute atomic E-state index is 13.8. The molecule has 7 heteroatoms. The van der Waals surface area contributed by atoms with Gasteiger partial charge in [0.15, 0.2) is 6.61 Å². The predicted molar refractivity (Wildman–Crippen MR) is 87.0 cm³/mol. The third-order valence-corrected chi connectivity index (χ3v) is 4.00. The predicted octanol–water partition coefficient (Wildman–Crippen LogP) is 2.57. The fraction of sp³-hybridized carbons (Fsp3) is 0.222.